The van der Waals surface area contributed by atoms with E-state index in [9.17, 15) is 74.4 Å². The van der Waals surface area contributed by atoms with E-state index >= 15 is 0 Å². The Labute approximate surface area is 842 Å². The van der Waals surface area contributed by atoms with Gasteiger partial charge in [-0.1, -0.05) is 80.2 Å². The summed E-state index contributed by atoms with van der Waals surface area (Å²) in [5.74, 6) is -3.71. The number of carbonyl (C=O) groups excluding carboxylic acids is 10. The largest absolute Gasteiger partial charge is 0.481 e. The van der Waals surface area contributed by atoms with Gasteiger partial charge in [-0.2, -0.15) is 32.1 Å². The maximum atomic E-state index is 12.4. The molecule has 3 aromatic heterocycles. The van der Waals surface area contributed by atoms with Gasteiger partial charge in [-0.25, -0.2) is 0 Å². The molecule has 0 aliphatic heterocycles. The van der Waals surface area contributed by atoms with Crippen LogP contribution in [0, 0.1) is 59.2 Å². The molecule has 35 nitrogen and oxygen atoms in total. The van der Waals surface area contributed by atoms with E-state index in [2.05, 4.69) is 44.9 Å². The summed E-state index contributed by atoms with van der Waals surface area (Å²) in [7, 11) is -6.84. The summed E-state index contributed by atoms with van der Waals surface area (Å²) in [6, 6.07) is 20.0. The zero-order valence-corrected chi connectivity index (χ0v) is 87.7. The Morgan fingerprint density at radius 3 is 1.03 bits per heavy atom. The van der Waals surface area contributed by atoms with Gasteiger partial charge in [-0.3, -0.25) is 80.4 Å². The van der Waals surface area contributed by atoms with Crippen LogP contribution in [0.1, 0.15) is 332 Å². The molecule has 2 unspecified atom stereocenters. The number of aromatic nitrogens is 6. The molecule has 0 saturated heterocycles. The molecule has 4 N–H and O–H groups in total. The van der Waals surface area contributed by atoms with Crippen molar-refractivity contribution in [1.82, 2.24) is 29.8 Å². The number of nitrogens with one attached hydrogen (secondary N) is 1. The zero-order valence-electron chi connectivity index (χ0n) is 86.0. The number of aliphatic hydroxyl groups excluding tert-OH is 1. The highest BCUT2D eigenvalue weighted by atomic mass is 32.2. The standard InChI is InChI=1S/C26H32N2O4.C19H28N2O4.C17H18N2O2.2C10H18O5S.C9H16O3.C9H14O3.C5H6O3.CH4/c1-26(2,3)32-25(30)21-13-23(14-21)28-16-22(15-27-28)19-9-11-20(12-10-19)24(29)31-17-18-7-5-4-6-8-18;1-19(2,3)25-18(24)14-8-16(9-14)21-11-15(10-20-21)12-4-6-13(7-5-12)17(22)23;20-17(21-12-13-4-2-1-3-5-13)15-8-6-14(7-9-15)16-10-18-19-11-16;2*1-10(2,3)14-9(11)7-5-8(6-7)15-16(4,12)13;2*1-9(2,3)12-8(11)6-4-7(10)5-6;6-4-1-3(2-4)5(7)8;/h4-9,15-16,20-21,23H,10-14,17H2,1-3H3;10-14,16H,4-9H2,1-3H3,(H,22,23);1-6,10-11,15H,7-9,12H2,(H,18,19);2*7-8H,5-6H2,1-4H3;6-7,10H,4-5H2,1-3H3;6H,4-5H2,1-3H3;3H,1-2H2,(H,7,8);1H4. The molecule has 2 atom stereocenters. The molecule has 15 rings (SSSR count). The number of esters is 8. The highest BCUT2D eigenvalue weighted by Crippen LogP contribution is 2.44. The highest BCUT2D eigenvalue weighted by molar-refractivity contribution is 7.86. The Morgan fingerprint density at radius 2 is 0.720 bits per heavy atom. The third-order valence-corrected chi connectivity index (χ3v) is 25.8. The maximum absolute atomic E-state index is 12.4. The molecule has 0 amide bonds. The SMILES string of the molecule is C.CC(C)(C)OC(=O)C1CC(=O)C1.CC(C)(C)OC(=O)C1CC(O)C1.CC(C)(C)OC(=O)C1CC(OS(C)(=O)=O)C1.CC(C)(C)OC(=O)C1CC(OS(C)(=O)=O)C1.CC(C)(C)OC(=O)C1CC(n2cc(C3=CCC(C(=O)OCc4ccccc4)CC3)cn2)C1.CC(C)(C)OC(=O)C1CC(n2cc(C3CCC(C(=O)O)CC3)cn2)C1.O=C(OCc1ccccc1)C1CC=C(c2cn[nH]c2)CC1.O=C1CC(C(=O)O)C1. The Balaban J connectivity index is 0.000000229. The number of ether oxygens (including phenoxy) is 8. The van der Waals surface area contributed by atoms with Gasteiger partial charge in [0.1, 0.15) is 58.4 Å². The second-order valence-corrected chi connectivity index (χ2v) is 47.6. The van der Waals surface area contributed by atoms with Crippen LogP contribution in [0.5, 0.6) is 0 Å². The van der Waals surface area contributed by atoms with Gasteiger partial charge in [0.25, 0.3) is 20.2 Å². The fraction of sp³-hybridized carbons (Fsp3) is 0.651. The summed E-state index contributed by atoms with van der Waals surface area (Å²) in [6.07, 6.45) is 32.1. The molecule has 5 aromatic rings. The average Bonchev–Trinajstić information content (AvgIpc) is 1.68. The highest BCUT2D eigenvalue weighted by Gasteiger charge is 2.45. The number of nitrogens with zero attached hydrogens (tertiary/aromatic N) is 5. The number of aromatic amines is 1. The summed E-state index contributed by atoms with van der Waals surface area (Å²) >= 11 is 0. The number of aliphatic hydroxyl groups is 1. The number of benzene rings is 2. The van der Waals surface area contributed by atoms with E-state index < -0.39 is 65.8 Å². The normalized spacial score (nSPS) is 24.0. The van der Waals surface area contributed by atoms with Crippen molar-refractivity contribution in [2.45, 2.75) is 369 Å². The molecule has 2 aromatic carbocycles. The fourth-order valence-corrected chi connectivity index (χ4v) is 17.8. The molecule has 0 radical (unpaired) electrons. The smallest absolute Gasteiger partial charge is 0.310 e. The van der Waals surface area contributed by atoms with Crippen LogP contribution < -0.4 is 0 Å². The molecular weight excluding hydrogens is 1890 g/mol. The van der Waals surface area contributed by atoms with Crippen LogP contribution in [0.4, 0.5) is 0 Å². The number of hydrogen-bond acceptors (Lipinski definition) is 30. The zero-order chi connectivity index (χ0) is 105. The van der Waals surface area contributed by atoms with Crippen molar-refractivity contribution in [2.24, 2.45) is 59.2 Å². The van der Waals surface area contributed by atoms with Gasteiger partial charge in [-0.15, -0.1) is 0 Å². The Kier molecular flexibility index (Phi) is 43.7. The number of carboxylic acids is 2. The second-order valence-electron chi connectivity index (χ2n) is 44.4. The molecule has 37 heteroatoms. The summed E-state index contributed by atoms with van der Waals surface area (Å²) in [6.45, 7) is 33.8. The Morgan fingerprint density at radius 1 is 0.392 bits per heavy atom. The van der Waals surface area contributed by atoms with Crippen molar-refractivity contribution < 1.29 is 136 Å². The maximum Gasteiger partial charge on any atom is 0.310 e. The minimum Gasteiger partial charge on any atom is -0.481 e. The Hall–Kier alpha value is -10.6. The van der Waals surface area contributed by atoms with Crippen LogP contribution in [0.15, 0.2) is 110 Å². The van der Waals surface area contributed by atoms with E-state index in [0.29, 0.717) is 76.9 Å². The lowest BCUT2D eigenvalue weighted by molar-refractivity contribution is -0.167. The first kappa shape index (κ1) is 119. The second kappa shape index (κ2) is 52.4. The molecule has 0 bridgehead atoms. The average molecular weight is 2040 g/mol. The van der Waals surface area contributed by atoms with Crippen molar-refractivity contribution in [3.63, 3.8) is 0 Å². The van der Waals surface area contributed by atoms with Crippen molar-refractivity contribution in [1.29, 1.82) is 0 Å². The van der Waals surface area contributed by atoms with Crippen molar-refractivity contribution >= 4 is 103 Å². The molecular formula is C106H154N6O29S2. The molecule has 8 fully saturated rings. The van der Waals surface area contributed by atoms with Gasteiger partial charge in [0.05, 0.1) is 121 Å². The number of carboxylic acid groups (broad SMARTS) is 2. The van der Waals surface area contributed by atoms with Crippen LogP contribution in [-0.4, -0.2) is 198 Å². The van der Waals surface area contributed by atoms with Gasteiger partial charge in [0.2, 0.25) is 0 Å². The number of H-pyrrole nitrogens is 1. The summed E-state index contributed by atoms with van der Waals surface area (Å²) in [5.41, 5.74) is 5.21. The first-order valence-corrected chi connectivity index (χ1v) is 52.7. The minimum absolute atomic E-state index is 0. The van der Waals surface area contributed by atoms with Crippen molar-refractivity contribution in [2.75, 3.05) is 12.5 Å². The van der Waals surface area contributed by atoms with Gasteiger partial charge >= 0.3 is 59.7 Å². The predicted molar refractivity (Wildman–Crippen MR) is 531 cm³/mol. The number of ketones is 2. The number of carbonyl (C=O) groups is 12. The van der Waals surface area contributed by atoms with Gasteiger partial charge < -0.3 is 53.2 Å². The summed E-state index contributed by atoms with van der Waals surface area (Å²) in [4.78, 5) is 136. The predicted octanol–water partition coefficient (Wildman–Crippen LogP) is 17.2. The van der Waals surface area contributed by atoms with Crippen LogP contribution in [0.3, 0.4) is 0 Å². The van der Waals surface area contributed by atoms with Gasteiger partial charge in [-0.05, 0) is 287 Å². The van der Waals surface area contributed by atoms with E-state index in [1.54, 1.807) is 41.5 Å². The van der Waals surface area contributed by atoms with E-state index in [1.807, 2.05) is 178 Å². The van der Waals surface area contributed by atoms with Crippen LogP contribution in [0.2, 0.25) is 0 Å². The first-order chi connectivity index (χ1) is 65.9. The molecule has 10 aliphatic carbocycles. The van der Waals surface area contributed by atoms with E-state index in [1.165, 1.54) is 16.7 Å². The van der Waals surface area contributed by atoms with Crippen LogP contribution in [-0.2, 0) is 137 Å². The van der Waals surface area contributed by atoms with Gasteiger partial charge in [0.15, 0.2) is 0 Å². The van der Waals surface area contributed by atoms with E-state index in [0.717, 1.165) is 118 Å². The minimum atomic E-state index is -3.42. The molecule has 10 aliphatic rings. The lowest BCUT2D eigenvalue weighted by atomic mass is 9.79. The first-order valence-electron chi connectivity index (χ1n) is 49.1. The van der Waals surface area contributed by atoms with E-state index in [4.69, 9.17) is 61.6 Å². The van der Waals surface area contributed by atoms with Gasteiger partial charge in [0, 0.05) is 55.4 Å². The molecule has 143 heavy (non-hydrogen) atoms. The van der Waals surface area contributed by atoms with Crippen molar-refractivity contribution in [3.8, 4) is 0 Å². The van der Waals surface area contributed by atoms with Crippen LogP contribution in [0.25, 0.3) is 11.1 Å². The lowest BCUT2D eigenvalue weighted by Crippen LogP contribution is -2.40. The third kappa shape index (κ3) is 42.9. The third-order valence-electron chi connectivity index (χ3n) is 24.5. The number of aliphatic carboxylic acids is 2. The quantitative estimate of drug-likeness (QED) is 0.0268. The summed E-state index contributed by atoms with van der Waals surface area (Å²) < 4.78 is 99.1. The number of hydrogen-bond donors (Lipinski definition) is 4. The Bertz CT molecular complexity index is 5260. The topological polar surface area (TPSA) is 490 Å². The molecule has 794 valence electrons. The van der Waals surface area contributed by atoms with Crippen LogP contribution >= 0.6 is 0 Å². The molecule has 0 spiro atoms. The number of rotatable bonds is 23. The molecule has 3 heterocycles. The summed E-state index contributed by atoms with van der Waals surface area (Å²) in [5, 5.41) is 42.0. The monoisotopic (exact) mass is 2040 g/mol. The van der Waals surface area contributed by atoms with E-state index in [-0.39, 0.29) is 169 Å². The lowest BCUT2D eigenvalue weighted by Gasteiger charge is -2.35. The fourth-order valence-electron chi connectivity index (χ4n) is 16.5. The molecule has 8 saturated carbocycles. The van der Waals surface area contributed by atoms with Crippen molar-refractivity contribution in [3.05, 3.63) is 138 Å². The number of Topliss-reactive ketones (excluding diaryl/α,β-unsaturated/α-hetero) is 2. The number of allylic oxidation sites excluding steroid dienone is 4.